The second-order valence-electron chi connectivity index (χ2n) is 5.19. The van der Waals surface area contributed by atoms with Crippen molar-refractivity contribution >= 4 is 24.3 Å². The third-order valence-electron chi connectivity index (χ3n) is 2.98. The quantitative estimate of drug-likeness (QED) is 0.760. The van der Waals surface area contributed by atoms with Crippen molar-refractivity contribution in [3.8, 4) is 0 Å². The Kier molecular flexibility index (Phi) is 7.95. The van der Waals surface area contributed by atoms with Crippen LogP contribution in [0.5, 0.6) is 0 Å². The second-order valence-corrected chi connectivity index (χ2v) is 5.19. The maximum atomic E-state index is 11.4. The normalized spacial score (nSPS) is 19.6. The highest BCUT2D eigenvalue weighted by atomic mass is 35.5. The number of aliphatic carboxylic acids is 1. The van der Waals surface area contributed by atoms with Gasteiger partial charge in [0.15, 0.2) is 0 Å². The molecule has 18 heavy (non-hydrogen) atoms. The summed E-state index contributed by atoms with van der Waals surface area (Å²) in [5.41, 5.74) is 0. The van der Waals surface area contributed by atoms with Crippen molar-refractivity contribution in [2.75, 3.05) is 26.2 Å². The highest BCUT2D eigenvalue weighted by molar-refractivity contribution is 5.85. The van der Waals surface area contributed by atoms with Crippen molar-refractivity contribution < 1.29 is 14.7 Å². The predicted molar refractivity (Wildman–Crippen MR) is 71.9 cm³/mol. The van der Waals surface area contributed by atoms with E-state index in [4.69, 9.17) is 5.11 Å². The average Bonchev–Trinajstić information content (AvgIpc) is 2.61. The van der Waals surface area contributed by atoms with E-state index in [1.165, 1.54) is 6.42 Å². The zero-order valence-electron chi connectivity index (χ0n) is 11.0. The van der Waals surface area contributed by atoms with Crippen LogP contribution in [0.15, 0.2) is 0 Å². The molecule has 1 atom stereocenters. The number of nitrogens with one attached hydrogen (secondary N) is 1. The van der Waals surface area contributed by atoms with Gasteiger partial charge in [-0.2, -0.15) is 0 Å². The molecule has 2 N–H and O–H groups in total. The molecule has 1 amide bonds. The van der Waals surface area contributed by atoms with Gasteiger partial charge in [0, 0.05) is 6.54 Å². The molecule has 5 nitrogen and oxygen atoms in total. The lowest BCUT2D eigenvalue weighted by Gasteiger charge is -2.16. The summed E-state index contributed by atoms with van der Waals surface area (Å²) in [5.74, 6) is 0.179. The van der Waals surface area contributed by atoms with Crippen LogP contribution in [0.4, 0.5) is 0 Å². The molecule has 1 fully saturated rings. The van der Waals surface area contributed by atoms with Gasteiger partial charge in [-0.1, -0.05) is 13.8 Å². The smallest absolute Gasteiger partial charge is 0.322 e. The molecule has 1 unspecified atom stereocenters. The van der Waals surface area contributed by atoms with Gasteiger partial charge < -0.3 is 10.4 Å². The van der Waals surface area contributed by atoms with Crippen molar-refractivity contribution in [1.29, 1.82) is 0 Å². The summed E-state index contributed by atoms with van der Waals surface area (Å²) in [5, 5.41) is 10.8. The Hall–Kier alpha value is -0.810. The number of carboxylic acids is 1. The summed E-state index contributed by atoms with van der Waals surface area (Å²) in [7, 11) is 0. The SMILES string of the molecule is CC(C)CC1CCN(CC(=O)NCC(=O)O)C1.Cl. The molecule has 0 bridgehead atoms. The molecule has 0 aromatic heterocycles. The Labute approximate surface area is 114 Å². The Bertz CT molecular complexity index is 284. The molecule has 0 spiro atoms. The topological polar surface area (TPSA) is 69.6 Å². The average molecular weight is 279 g/mol. The Balaban J connectivity index is 0.00000289. The highest BCUT2D eigenvalue weighted by Gasteiger charge is 2.24. The number of rotatable bonds is 6. The van der Waals surface area contributed by atoms with E-state index in [9.17, 15) is 9.59 Å². The van der Waals surface area contributed by atoms with Gasteiger partial charge in [0.05, 0.1) is 6.54 Å². The number of carbonyl (C=O) groups is 2. The summed E-state index contributed by atoms with van der Waals surface area (Å²) in [6.45, 7) is 6.35. The number of hydrogen-bond acceptors (Lipinski definition) is 3. The molecule has 1 heterocycles. The summed E-state index contributed by atoms with van der Waals surface area (Å²) < 4.78 is 0. The van der Waals surface area contributed by atoms with Crippen LogP contribution in [0.1, 0.15) is 26.7 Å². The van der Waals surface area contributed by atoms with Crippen LogP contribution in [0.25, 0.3) is 0 Å². The van der Waals surface area contributed by atoms with Crippen molar-refractivity contribution in [2.24, 2.45) is 11.8 Å². The summed E-state index contributed by atoms with van der Waals surface area (Å²) in [4.78, 5) is 23.8. The predicted octanol–water partition coefficient (Wildman–Crippen LogP) is 0.977. The van der Waals surface area contributed by atoms with E-state index in [1.807, 2.05) is 0 Å². The maximum absolute atomic E-state index is 11.4. The number of halogens is 1. The van der Waals surface area contributed by atoms with Crippen LogP contribution in [0, 0.1) is 11.8 Å². The lowest BCUT2D eigenvalue weighted by atomic mass is 9.97. The molecule has 0 radical (unpaired) electrons. The van der Waals surface area contributed by atoms with Crippen LogP contribution < -0.4 is 5.32 Å². The number of carboxylic acid groups (broad SMARTS) is 1. The summed E-state index contributed by atoms with van der Waals surface area (Å²) in [6.07, 6.45) is 2.34. The minimum absolute atomic E-state index is 0. The zero-order chi connectivity index (χ0) is 12.8. The lowest BCUT2D eigenvalue weighted by molar-refractivity contribution is -0.138. The van der Waals surface area contributed by atoms with E-state index >= 15 is 0 Å². The van der Waals surface area contributed by atoms with Gasteiger partial charge in [0.1, 0.15) is 6.54 Å². The van der Waals surface area contributed by atoms with Crippen molar-refractivity contribution in [2.45, 2.75) is 26.7 Å². The Morgan fingerprint density at radius 2 is 2.11 bits per heavy atom. The molecule has 0 aromatic rings. The second kappa shape index (κ2) is 8.32. The van der Waals surface area contributed by atoms with Crippen LogP contribution in [-0.4, -0.2) is 48.1 Å². The van der Waals surface area contributed by atoms with Crippen molar-refractivity contribution in [3.05, 3.63) is 0 Å². The molecule has 0 saturated carbocycles. The van der Waals surface area contributed by atoms with E-state index < -0.39 is 5.97 Å². The van der Waals surface area contributed by atoms with Crippen molar-refractivity contribution in [1.82, 2.24) is 10.2 Å². The summed E-state index contributed by atoms with van der Waals surface area (Å²) in [6, 6.07) is 0. The number of hydrogen-bond donors (Lipinski definition) is 2. The first-order valence-corrected chi connectivity index (χ1v) is 6.18. The fourth-order valence-corrected chi connectivity index (χ4v) is 2.35. The molecule has 0 aliphatic carbocycles. The first-order valence-electron chi connectivity index (χ1n) is 6.18. The Morgan fingerprint density at radius 3 is 2.67 bits per heavy atom. The van der Waals surface area contributed by atoms with E-state index in [0.29, 0.717) is 18.4 Å². The minimum atomic E-state index is -1.00. The number of amides is 1. The molecule has 1 aliphatic rings. The van der Waals surface area contributed by atoms with Gasteiger partial charge in [0.25, 0.3) is 0 Å². The fourth-order valence-electron chi connectivity index (χ4n) is 2.35. The molecule has 1 rings (SSSR count). The van der Waals surface area contributed by atoms with Crippen LogP contribution in [-0.2, 0) is 9.59 Å². The molecule has 1 aliphatic heterocycles. The van der Waals surface area contributed by atoms with Crippen LogP contribution in [0.3, 0.4) is 0 Å². The van der Waals surface area contributed by atoms with Gasteiger partial charge in [0.2, 0.25) is 5.91 Å². The standard InChI is InChI=1S/C12H22N2O3.ClH/c1-9(2)5-10-3-4-14(7-10)8-11(15)13-6-12(16)17;/h9-10H,3-8H2,1-2H3,(H,13,15)(H,16,17);1H. The maximum Gasteiger partial charge on any atom is 0.322 e. The third-order valence-corrected chi connectivity index (χ3v) is 2.98. The first-order chi connectivity index (χ1) is 7.97. The zero-order valence-corrected chi connectivity index (χ0v) is 11.8. The fraction of sp³-hybridized carbons (Fsp3) is 0.833. The van der Waals surface area contributed by atoms with E-state index in [0.717, 1.165) is 19.5 Å². The number of carbonyl (C=O) groups excluding carboxylic acids is 1. The third kappa shape index (κ3) is 6.81. The van der Waals surface area contributed by atoms with Gasteiger partial charge >= 0.3 is 5.97 Å². The van der Waals surface area contributed by atoms with Crippen LogP contribution >= 0.6 is 12.4 Å². The monoisotopic (exact) mass is 278 g/mol. The van der Waals surface area contributed by atoms with E-state index in [-0.39, 0.29) is 24.9 Å². The molecular weight excluding hydrogens is 256 g/mol. The van der Waals surface area contributed by atoms with Crippen molar-refractivity contribution in [3.63, 3.8) is 0 Å². The molecule has 1 saturated heterocycles. The number of nitrogens with zero attached hydrogens (tertiary/aromatic N) is 1. The summed E-state index contributed by atoms with van der Waals surface area (Å²) >= 11 is 0. The first kappa shape index (κ1) is 17.2. The van der Waals surface area contributed by atoms with Gasteiger partial charge in [-0.05, 0) is 31.2 Å². The highest BCUT2D eigenvalue weighted by Crippen LogP contribution is 2.22. The van der Waals surface area contributed by atoms with E-state index in [1.54, 1.807) is 0 Å². The number of likely N-dealkylation sites (tertiary alicyclic amines) is 1. The van der Waals surface area contributed by atoms with E-state index in [2.05, 4.69) is 24.1 Å². The molecule has 0 aromatic carbocycles. The largest absolute Gasteiger partial charge is 0.480 e. The minimum Gasteiger partial charge on any atom is -0.480 e. The van der Waals surface area contributed by atoms with Gasteiger partial charge in [-0.15, -0.1) is 12.4 Å². The van der Waals surface area contributed by atoms with Crippen LogP contribution in [0.2, 0.25) is 0 Å². The molecule has 6 heteroatoms. The molecule has 106 valence electrons. The lowest BCUT2D eigenvalue weighted by Crippen LogP contribution is -2.38. The molecular formula is C12H23ClN2O3. The van der Waals surface area contributed by atoms with Gasteiger partial charge in [-0.3, -0.25) is 14.5 Å². The van der Waals surface area contributed by atoms with Gasteiger partial charge in [-0.25, -0.2) is 0 Å². The Morgan fingerprint density at radius 1 is 1.44 bits per heavy atom.